The van der Waals surface area contributed by atoms with Gasteiger partial charge in [0.25, 0.3) is 0 Å². The molecule has 4 heteroatoms. The van der Waals surface area contributed by atoms with Gasteiger partial charge in [0.15, 0.2) is 0 Å². The normalized spacial score (nSPS) is 28.5. The minimum Gasteiger partial charge on any atom is -0.315 e. The van der Waals surface area contributed by atoms with Gasteiger partial charge in [0.2, 0.25) is 0 Å². The zero-order chi connectivity index (χ0) is 21.2. The van der Waals surface area contributed by atoms with Crippen molar-refractivity contribution in [2.45, 2.75) is 77.6 Å². The third kappa shape index (κ3) is 3.70. The zero-order valence-electron chi connectivity index (χ0n) is 19.7. The van der Waals surface area contributed by atoms with Crippen molar-refractivity contribution in [3.63, 3.8) is 0 Å². The van der Waals surface area contributed by atoms with Crippen molar-refractivity contribution in [3.8, 4) is 0 Å². The molecule has 0 spiro atoms. The number of rotatable bonds is 5. The maximum Gasteiger partial charge on any atom is 0.0413 e. The Labute approximate surface area is 186 Å². The molecule has 1 fully saturated rings. The van der Waals surface area contributed by atoms with Gasteiger partial charge < -0.3 is 5.32 Å². The van der Waals surface area contributed by atoms with Crippen molar-refractivity contribution in [1.82, 2.24) is 10.2 Å². The summed E-state index contributed by atoms with van der Waals surface area (Å²) in [6.45, 7) is 19.1. The highest BCUT2D eigenvalue weighted by Gasteiger charge is 2.47. The Morgan fingerprint density at radius 2 is 1.59 bits per heavy atom. The highest BCUT2D eigenvalue weighted by Crippen LogP contribution is 2.51. The fraction of sp³-hybridized carbons (Fsp3) is 0.760. The van der Waals surface area contributed by atoms with Crippen LogP contribution in [0.3, 0.4) is 0 Å². The second kappa shape index (κ2) is 7.46. The monoisotopic (exact) mass is 432 g/mol. The summed E-state index contributed by atoms with van der Waals surface area (Å²) in [5.74, 6) is 2.79. The largest absolute Gasteiger partial charge is 0.315 e. The maximum absolute atomic E-state index is 3.82. The third-order valence-electron chi connectivity index (χ3n) is 8.39. The Kier molecular flexibility index (Phi) is 5.67. The van der Waals surface area contributed by atoms with E-state index in [9.17, 15) is 0 Å². The van der Waals surface area contributed by atoms with Crippen molar-refractivity contribution >= 4 is 21.6 Å². The van der Waals surface area contributed by atoms with Gasteiger partial charge in [-0.25, -0.2) is 0 Å². The first kappa shape index (κ1) is 22.0. The molecule has 0 radical (unpaired) electrons. The fourth-order valence-corrected chi connectivity index (χ4v) is 9.56. The average molecular weight is 433 g/mol. The molecule has 0 bridgehead atoms. The Morgan fingerprint density at radius 3 is 2.07 bits per heavy atom. The molecule has 4 rings (SSSR count). The molecule has 3 aliphatic rings. The van der Waals surface area contributed by atoms with E-state index < -0.39 is 0 Å². The number of nitrogens with zero attached hydrogens (tertiary/aromatic N) is 1. The Hall–Kier alpha value is -0.160. The van der Waals surface area contributed by atoms with Crippen LogP contribution in [0.25, 0.3) is 0 Å². The summed E-state index contributed by atoms with van der Waals surface area (Å²) < 4.78 is 0. The van der Waals surface area contributed by atoms with E-state index in [1.165, 1.54) is 18.6 Å². The van der Waals surface area contributed by atoms with Crippen LogP contribution < -0.4 is 5.32 Å². The molecule has 1 aliphatic carbocycles. The summed E-state index contributed by atoms with van der Waals surface area (Å²) in [5.41, 5.74) is 7.02. The summed E-state index contributed by atoms with van der Waals surface area (Å²) in [7, 11) is 6.41. The number of hydrogen-bond donors (Lipinski definition) is 1. The molecule has 162 valence electrons. The van der Waals surface area contributed by atoms with Gasteiger partial charge in [-0.3, -0.25) is 4.90 Å². The van der Waals surface area contributed by atoms with Gasteiger partial charge in [-0.05, 0) is 93.6 Å². The first-order chi connectivity index (χ1) is 13.4. The van der Waals surface area contributed by atoms with Crippen molar-refractivity contribution in [2.24, 2.45) is 17.3 Å². The van der Waals surface area contributed by atoms with Crippen LogP contribution in [-0.4, -0.2) is 36.0 Å². The van der Waals surface area contributed by atoms with Crippen molar-refractivity contribution in [1.29, 1.82) is 0 Å². The molecule has 2 atom stereocenters. The highest BCUT2D eigenvalue weighted by molar-refractivity contribution is 8.77. The summed E-state index contributed by atoms with van der Waals surface area (Å²) >= 11 is 0. The van der Waals surface area contributed by atoms with Crippen LogP contribution in [0.1, 0.15) is 70.7 Å². The molecule has 1 N–H and O–H groups in total. The van der Waals surface area contributed by atoms with Gasteiger partial charge in [0.05, 0.1) is 0 Å². The van der Waals surface area contributed by atoms with Gasteiger partial charge >= 0.3 is 0 Å². The molecule has 2 heterocycles. The van der Waals surface area contributed by atoms with E-state index in [1.807, 2.05) is 10.8 Å². The lowest BCUT2D eigenvalue weighted by molar-refractivity contribution is 0.0730. The lowest BCUT2D eigenvalue weighted by Crippen LogP contribution is -2.42. The lowest BCUT2D eigenvalue weighted by atomic mass is 9.87. The van der Waals surface area contributed by atoms with Crippen LogP contribution in [0.4, 0.5) is 0 Å². The van der Waals surface area contributed by atoms with Gasteiger partial charge in [-0.1, -0.05) is 54.5 Å². The second-order valence-corrected chi connectivity index (χ2v) is 14.1. The van der Waals surface area contributed by atoms with Crippen molar-refractivity contribution in [3.05, 3.63) is 34.4 Å². The van der Waals surface area contributed by atoms with Crippen LogP contribution in [0.5, 0.6) is 0 Å². The Balaban J connectivity index is 1.41. The van der Waals surface area contributed by atoms with Gasteiger partial charge in [0, 0.05) is 28.6 Å². The third-order valence-corrected chi connectivity index (χ3v) is 11.9. The maximum atomic E-state index is 3.82. The first-order valence-electron chi connectivity index (χ1n) is 11.3. The van der Waals surface area contributed by atoms with Crippen LogP contribution >= 0.6 is 21.6 Å². The lowest BCUT2D eigenvalue weighted by Gasteiger charge is -2.37. The van der Waals surface area contributed by atoms with E-state index in [4.69, 9.17) is 0 Å². The van der Waals surface area contributed by atoms with E-state index in [-0.39, 0.29) is 11.1 Å². The van der Waals surface area contributed by atoms with Crippen molar-refractivity contribution in [2.75, 3.05) is 25.9 Å². The minimum absolute atomic E-state index is 0.114. The quantitative estimate of drug-likeness (QED) is 0.588. The van der Waals surface area contributed by atoms with E-state index in [0.717, 1.165) is 30.2 Å². The predicted molar refractivity (Wildman–Crippen MR) is 131 cm³/mol. The minimum atomic E-state index is 0.114. The SMILES string of the molecule is CC(CNCC1SSCC1(C)C)C1Cc2cc3c(cc2C1)C(C)(C)N(C)C3(C)C. The summed E-state index contributed by atoms with van der Waals surface area (Å²) in [4.78, 5) is 2.55. The Morgan fingerprint density at radius 1 is 1.03 bits per heavy atom. The molecule has 1 saturated heterocycles. The van der Waals surface area contributed by atoms with E-state index >= 15 is 0 Å². The smallest absolute Gasteiger partial charge is 0.0413 e. The standard InChI is InChI=1S/C25H40N2S2/c1-16(13-26-14-22-23(2,3)15-28-29-22)17-9-18-11-20-21(12-19(18)10-17)25(6,7)27(8)24(20,4)5/h11-12,16-17,22,26H,9-10,13-15H2,1-8H3. The van der Waals surface area contributed by atoms with E-state index in [2.05, 4.69) is 88.7 Å². The molecule has 2 unspecified atom stereocenters. The Bertz CT molecular complexity index is 738. The molecule has 0 aromatic heterocycles. The zero-order valence-corrected chi connectivity index (χ0v) is 21.3. The van der Waals surface area contributed by atoms with E-state index in [1.54, 1.807) is 22.3 Å². The number of nitrogens with one attached hydrogen (secondary N) is 1. The second-order valence-electron chi connectivity index (χ2n) is 11.5. The van der Waals surface area contributed by atoms with Crippen molar-refractivity contribution < 1.29 is 0 Å². The summed E-state index contributed by atoms with van der Waals surface area (Å²) in [6.07, 6.45) is 2.51. The molecule has 0 saturated carbocycles. The summed E-state index contributed by atoms with van der Waals surface area (Å²) in [5, 5.41) is 4.56. The van der Waals surface area contributed by atoms with Crippen LogP contribution in [-0.2, 0) is 23.9 Å². The molecule has 29 heavy (non-hydrogen) atoms. The molecular weight excluding hydrogens is 392 g/mol. The van der Waals surface area contributed by atoms with Crippen LogP contribution in [0.2, 0.25) is 0 Å². The van der Waals surface area contributed by atoms with Crippen LogP contribution in [0, 0.1) is 17.3 Å². The molecule has 1 aromatic carbocycles. The highest BCUT2D eigenvalue weighted by atomic mass is 33.1. The first-order valence-corrected chi connectivity index (χ1v) is 13.7. The fourth-order valence-electron chi connectivity index (χ4n) is 5.59. The number of hydrogen-bond acceptors (Lipinski definition) is 4. The predicted octanol–water partition coefficient (Wildman–Crippen LogP) is 5.83. The molecule has 1 aromatic rings. The van der Waals surface area contributed by atoms with E-state index in [0.29, 0.717) is 5.41 Å². The average Bonchev–Trinajstić information content (AvgIpc) is 3.25. The number of benzene rings is 1. The van der Waals surface area contributed by atoms with Crippen LogP contribution in [0.15, 0.2) is 12.1 Å². The molecule has 2 nitrogen and oxygen atoms in total. The topological polar surface area (TPSA) is 15.3 Å². The number of fused-ring (bicyclic) bond motifs is 2. The molecular formula is C25H40N2S2. The molecule has 0 amide bonds. The van der Waals surface area contributed by atoms with Gasteiger partial charge in [-0.2, -0.15) is 0 Å². The molecule has 2 aliphatic heterocycles. The van der Waals surface area contributed by atoms with Gasteiger partial charge in [0.1, 0.15) is 0 Å². The van der Waals surface area contributed by atoms with Gasteiger partial charge in [-0.15, -0.1) is 0 Å². The summed E-state index contributed by atoms with van der Waals surface area (Å²) in [6, 6.07) is 5.12.